The molecule has 1 aliphatic rings. The molecule has 5 N–H and O–H groups in total. The Morgan fingerprint density at radius 1 is 1.17 bits per heavy atom. The van der Waals surface area contributed by atoms with Gasteiger partial charge in [0.15, 0.2) is 6.29 Å². The number of hydrogen-bond acceptors (Lipinski definition) is 7. The second-order valence-electron chi connectivity index (χ2n) is 5.98. The van der Waals surface area contributed by atoms with E-state index in [1.807, 2.05) is 19.9 Å². The Hall–Kier alpha value is -0.800. The highest BCUT2D eigenvalue weighted by atomic mass is 16.7. The molecule has 0 spiro atoms. The average Bonchev–Trinajstić information content (AvgIpc) is 2.51. The van der Waals surface area contributed by atoms with Gasteiger partial charge in [-0.05, 0) is 32.3 Å². The van der Waals surface area contributed by atoms with Gasteiger partial charge in [-0.25, -0.2) is 0 Å². The Morgan fingerprint density at radius 2 is 1.83 bits per heavy atom. The molecular formula is C16H28O7. The lowest BCUT2D eigenvalue weighted by molar-refractivity contribution is -0.310. The quantitative estimate of drug-likeness (QED) is 0.379. The van der Waals surface area contributed by atoms with E-state index in [2.05, 4.69) is 6.58 Å². The third-order valence-electron chi connectivity index (χ3n) is 3.79. The molecule has 0 aromatic heterocycles. The van der Waals surface area contributed by atoms with E-state index in [9.17, 15) is 20.4 Å². The minimum absolute atomic E-state index is 0.358. The summed E-state index contributed by atoms with van der Waals surface area (Å²) in [5.74, 6) is 0. The fourth-order valence-corrected chi connectivity index (χ4v) is 2.32. The van der Waals surface area contributed by atoms with Crippen LogP contribution >= 0.6 is 0 Å². The van der Waals surface area contributed by atoms with Crippen molar-refractivity contribution in [2.24, 2.45) is 0 Å². The van der Waals surface area contributed by atoms with Crippen molar-refractivity contribution in [3.05, 3.63) is 23.8 Å². The monoisotopic (exact) mass is 332 g/mol. The number of ether oxygens (including phenoxy) is 2. The summed E-state index contributed by atoms with van der Waals surface area (Å²) in [5, 5.41) is 48.0. The zero-order valence-electron chi connectivity index (χ0n) is 13.6. The van der Waals surface area contributed by atoms with Crippen LogP contribution < -0.4 is 0 Å². The predicted octanol–water partition coefficient (Wildman–Crippen LogP) is -0.534. The summed E-state index contributed by atoms with van der Waals surface area (Å²) in [6.07, 6.45) is -4.17. The van der Waals surface area contributed by atoms with Crippen molar-refractivity contribution in [3.63, 3.8) is 0 Å². The number of allylic oxidation sites excluding steroid dienone is 2. The molecular weight excluding hydrogens is 304 g/mol. The molecule has 0 aromatic rings. The zero-order valence-corrected chi connectivity index (χ0v) is 13.6. The molecule has 0 saturated carbocycles. The molecule has 0 aliphatic carbocycles. The van der Waals surface area contributed by atoms with Gasteiger partial charge in [0.2, 0.25) is 0 Å². The maximum atomic E-state index is 9.93. The summed E-state index contributed by atoms with van der Waals surface area (Å²) < 4.78 is 10.8. The Balaban J connectivity index is 2.66. The van der Waals surface area contributed by atoms with Crippen molar-refractivity contribution in [1.82, 2.24) is 0 Å². The minimum atomic E-state index is -1.51. The molecule has 0 aromatic carbocycles. The predicted molar refractivity (Wildman–Crippen MR) is 83.5 cm³/mol. The molecule has 1 heterocycles. The van der Waals surface area contributed by atoms with Gasteiger partial charge < -0.3 is 35.0 Å². The lowest BCUT2D eigenvalue weighted by Crippen LogP contribution is -2.59. The maximum Gasteiger partial charge on any atom is 0.187 e. The molecule has 134 valence electrons. The van der Waals surface area contributed by atoms with Gasteiger partial charge >= 0.3 is 0 Å². The van der Waals surface area contributed by atoms with Crippen LogP contribution in [0, 0.1) is 0 Å². The number of aliphatic hydroxyl groups excluding tert-OH is 5. The van der Waals surface area contributed by atoms with Gasteiger partial charge in [0.25, 0.3) is 0 Å². The van der Waals surface area contributed by atoms with Gasteiger partial charge in [0, 0.05) is 0 Å². The first-order valence-corrected chi connectivity index (χ1v) is 7.69. The molecule has 7 heteroatoms. The molecule has 23 heavy (non-hydrogen) atoms. The Morgan fingerprint density at radius 3 is 2.35 bits per heavy atom. The second kappa shape index (κ2) is 9.48. The fourth-order valence-electron chi connectivity index (χ4n) is 2.32. The molecule has 1 aliphatic heterocycles. The van der Waals surface area contributed by atoms with E-state index in [4.69, 9.17) is 14.6 Å². The van der Waals surface area contributed by atoms with E-state index < -0.39 is 43.4 Å². The standard InChI is InChI=1S/C16H28O7/c1-9(2)5-4-6-10(3)11(7-17)22-16-15(21)14(20)13(19)12(8-18)23-16/h5,11-21H,3-4,6-8H2,1-2H3/t11-,12-,13-,14+,15-,16-/m1/s1. The molecule has 0 bridgehead atoms. The first-order valence-electron chi connectivity index (χ1n) is 7.69. The summed E-state index contributed by atoms with van der Waals surface area (Å²) in [6.45, 7) is 6.95. The number of hydrogen-bond donors (Lipinski definition) is 5. The largest absolute Gasteiger partial charge is 0.394 e. The fraction of sp³-hybridized carbons (Fsp3) is 0.750. The smallest absolute Gasteiger partial charge is 0.187 e. The molecule has 0 radical (unpaired) electrons. The summed E-state index contributed by atoms with van der Waals surface area (Å²) in [7, 11) is 0. The number of aliphatic hydroxyl groups is 5. The Bertz CT molecular complexity index is 403. The van der Waals surface area contributed by atoms with Crippen LogP contribution in [-0.4, -0.2) is 75.6 Å². The van der Waals surface area contributed by atoms with Crippen LogP contribution in [0.4, 0.5) is 0 Å². The van der Waals surface area contributed by atoms with Crippen LogP contribution in [-0.2, 0) is 9.47 Å². The van der Waals surface area contributed by atoms with Crippen molar-refractivity contribution >= 4 is 0 Å². The SMILES string of the molecule is C=C(CCC=C(C)C)[C@@H](CO)O[C@@H]1O[C@H](CO)[C@@H](O)[C@H](O)[C@H]1O. The third kappa shape index (κ3) is 5.65. The first-order chi connectivity index (χ1) is 10.8. The summed E-state index contributed by atoms with van der Waals surface area (Å²) >= 11 is 0. The molecule has 0 amide bonds. The highest BCUT2D eigenvalue weighted by Crippen LogP contribution is 2.25. The van der Waals surface area contributed by atoms with Gasteiger partial charge in [-0.1, -0.05) is 18.2 Å². The van der Waals surface area contributed by atoms with Crippen molar-refractivity contribution in [2.75, 3.05) is 13.2 Å². The summed E-state index contributed by atoms with van der Waals surface area (Å²) in [4.78, 5) is 0. The lowest BCUT2D eigenvalue weighted by atomic mass is 9.99. The van der Waals surface area contributed by atoms with Gasteiger partial charge in [-0.2, -0.15) is 0 Å². The molecule has 0 unspecified atom stereocenters. The van der Waals surface area contributed by atoms with Crippen LogP contribution in [0.1, 0.15) is 26.7 Å². The number of rotatable bonds is 8. The van der Waals surface area contributed by atoms with Crippen LogP contribution in [0.2, 0.25) is 0 Å². The van der Waals surface area contributed by atoms with Crippen LogP contribution in [0.3, 0.4) is 0 Å². The van der Waals surface area contributed by atoms with Gasteiger partial charge in [-0.3, -0.25) is 0 Å². The molecule has 6 atom stereocenters. The minimum Gasteiger partial charge on any atom is -0.394 e. The van der Waals surface area contributed by atoms with E-state index >= 15 is 0 Å². The maximum absolute atomic E-state index is 9.93. The highest BCUT2D eigenvalue weighted by molar-refractivity contribution is 5.06. The average molecular weight is 332 g/mol. The third-order valence-corrected chi connectivity index (χ3v) is 3.79. The van der Waals surface area contributed by atoms with Crippen molar-refractivity contribution in [1.29, 1.82) is 0 Å². The van der Waals surface area contributed by atoms with E-state index in [0.29, 0.717) is 12.0 Å². The van der Waals surface area contributed by atoms with Crippen molar-refractivity contribution in [3.8, 4) is 0 Å². The van der Waals surface area contributed by atoms with E-state index in [0.717, 1.165) is 6.42 Å². The second-order valence-corrected chi connectivity index (χ2v) is 5.98. The summed E-state index contributed by atoms with van der Waals surface area (Å²) in [6, 6.07) is 0. The normalized spacial score (nSPS) is 32.4. The van der Waals surface area contributed by atoms with E-state index in [-0.39, 0.29) is 6.61 Å². The molecule has 7 nitrogen and oxygen atoms in total. The zero-order chi connectivity index (χ0) is 17.6. The van der Waals surface area contributed by atoms with Gasteiger partial charge in [0.1, 0.15) is 30.5 Å². The van der Waals surface area contributed by atoms with E-state index in [1.54, 1.807) is 0 Å². The Kier molecular flexibility index (Phi) is 8.35. The van der Waals surface area contributed by atoms with Gasteiger partial charge in [0.05, 0.1) is 13.2 Å². The van der Waals surface area contributed by atoms with Crippen LogP contribution in [0.25, 0.3) is 0 Å². The topological polar surface area (TPSA) is 120 Å². The van der Waals surface area contributed by atoms with Crippen molar-refractivity contribution < 1.29 is 35.0 Å². The highest BCUT2D eigenvalue weighted by Gasteiger charge is 2.44. The van der Waals surface area contributed by atoms with Crippen molar-refractivity contribution in [2.45, 2.75) is 63.5 Å². The van der Waals surface area contributed by atoms with Crippen LogP contribution in [0.15, 0.2) is 23.8 Å². The Labute approximate surface area is 136 Å². The summed E-state index contributed by atoms with van der Waals surface area (Å²) in [5.41, 5.74) is 1.80. The van der Waals surface area contributed by atoms with Gasteiger partial charge in [-0.15, -0.1) is 0 Å². The molecule has 1 saturated heterocycles. The molecule has 1 fully saturated rings. The van der Waals surface area contributed by atoms with Crippen LogP contribution in [0.5, 0.6) is 0 Å². The van der Waals surface area contributed by atoms with E-state index in [1.165, 1.54) is 5.57 Å². The molecule has 1 rings (SSSR count). The first kappa shape index (κ1) is 20.2. The lowest BCUT2D eigenvalue weighted by Gasteiger charge is -2.40.